The topological polar surface area (TPSA) is 55.8 Å². The van der Waals surface area contributed by atoms with Crippen LogP contribution in [0.4, 0.5) is 10.5 Å². The molecule has 2 rings (SSSR count). The normalized spacial score (nSPS) is 16.0. The summed E-state index contributed by atoms with van der Waals surface area (Å²) in [7, 11) is 2.09. The quantitative estimate of drug-likeness (QED) is 0.867. The van der Waals surface area contributed by atoms with Crippen LogP contribution < -0.4 is 5.32 Å². The third-order valence-corrected chi connectivity index (χ3v) is 4.72. The van der Waals surface area contributed by atoms with E-state index in [0.29, 0.717) is 16.8 Å². The number of benzene rings is 1. The first-order valence-corrected chi connectivity index (χ1v) is 8.52. The molecule has 2 N–H and O–H groups in total. The largest absolute Gasteiger partial charge is 0.396 e. The SMILES string of the molecule is Cc1ccc(NC(=O)N2CCC(N(C)CCCO)CC2)c(Cl)c1. The van der Waals surface area contributed by atoms with Crippen molar-refractivity contribution in [1.29, 1.82) is 0 Å². The van der Waals surface area contributed by atoms with E-state index in [1.165, 1.54) is 0 Å². The third-order valence-electron chi connectivity index (χ3n) is 4.41. The van der Waals surface area contributed by atoms with Crippen LogP contribution in [-0.4, -0.2) is 60.3 Å². The maximum Gasteiger partial charge on any atom is 0.321 e. The summed E-state index contributed by atoms with van der Waals surface area (Å²) in [5.41, 5.74) is 1.73. The van der Waals surface area contributed by atoms with Gasteiger partial charge in [0.25, 0.3) is 0 Å². The average Bonchev–Trinajstić information content (AvgIpc) is 2.55. The van der Waals surface area contributed by atoms with Crippen LogP contribution in [0.5, 0.6) is 0 Å². The van der Waals surface area contributed by atoms with Crippen molar-refractivity contribution in [2.45, 2.75) is 32.2 Å². The molecule has 0 unspecified atom stereocenters. The summed E-state index contributed by atoms with van der Waals surface area (Å²) in [6, 6.07) is 6.01. The smallest absolute Gasteiger partial charge is 0.321 e. The molecule has 1 fully saturated rings. The van der Waals surface area contributed by atoms with Crippen LogP contribution in [0.1, 0.15) is 24.8 Å². The Bertz CT molecular complexity index is 531. The van der Waals surface area contributed by atoms with Crippen molar-refractivity contribution in [3.63, 3.8) is 0 Å². The van der Waals surface area contributed by atoms with Gasteiger partial charge < -0.3 is 20.2 Å². The highest BCUT2D eigenvalue weighted by Crippen LogP contribution is 2.24. The van der Waals surface area contributed by atoms with Gasteiger partial charge in [0.05, 0.1) is 10.7 Å². The minimum absolute atomic E-state index is 0.0905. The number of aryl methyl sites for hydroxylation is 1. The van der Waals surface area contributed by atoms with E-state index in [9.17, 15) is 4.79 Å². The van der Waals surface area contributed by atoms with Gasteiger partial charge in [-0.2, -0.15) is 0 Å². The standard InChI is InChI=1S/C17H26ClN3O2/c1-13-4-5-16(15(18)12-13)19-17(23)21-9-6-14(7-10-21)20(2)8-3-11-22/h4-5,12,14,22H,3,6-11H2,1-2H3,(H,19,23). The zero-order valence-corrected chi connectivity index (χ0v) is 14.6. The number of urea groups is 1. The van der Waals surface area contributed by atoms with Gasteiger partial charge in [0.1, 0.15) is 0 Å². The van der Waals surface area contributed by atoms with Crippen molar-refractivity contribution < 1.29 is 9.90 Å². The van der Waals surface area contributed by atoms with Crippen LogP contribution in [0.25, 0.3) is 0 Å². The molecule has 0 atom stereocenters. The van der Waals surface area contributed by atoms with Crippen molar-refractivity contribution in [3.05, 3.63) is 28.8 Å². The first kappa shape index (κ1) is 18.0. The summed E-state index contributed by atoms with van der Waals surface area (Å²) >= 11 is 6.17. The molecule has 0 aliphatic carbocycles. The van der Waals surface area contributed by atoms with E-state index in [4.69, 9.17) is 16.7 Å². The van der Waals surface area contributed by atoms with Gasteiger partial charge in [-0.15, -0.1) is 0 Å². The third kappa shape index (κ3) is 5.09. The highest BCUT2D eigenvalue weighted by atomic mass is 35.5. The molecule has 1 aliphatic heterocycles. The number of hydrogen-bond donors (Lipinski definition) is 2. The van der Waals surface area contributed by atoms with E-state index in [-0.39, 0.29) is 12.6 Å². The van der Waals surface area contributed by atoms with E-state index >= 15 is 0 Å². The summed E-state index contributed by atoms with van der Waals surface area (Å²) < 4.78 is 0. The Labute approximate surface area is 143 Å². The Morgan fingerprint density at radius 2 is 2.13 bits per heavy atom. The van der Waals surface area contributed by atoms with Crippen molar-refractivity contribution >= 4 is 23.3 Å². The van der Waals surface area contributed by atoms with Crippen LogP contribution in [-0.2, 0) is 0 Å². The molecule has 1 aliphatic rings. The van der Waals surface area contributed by atoms with Gasteiger partial charge >= 0.3 is 6.03 Å². The lowest BCUT2D eigenvalue weighted by molar-refractivity contribution is 0.134. The van der Waals surface area contributed by atoms with Gasteiger partial charge in [0, 0.05) is 32.3 Å². The molecule has 2 amide bonds. The molecule has 0 saturated carbocycles. The zero-order chi connectivity index (χ0) is 16.8. The van der Waals surface area contributed by atoms with Gasteiger partial charge in [-0.25, -0.2) is 4.79 Å². The number of likely N-dealkylation sites (tertiary alicyclic amines) is 1. The van der Waals surface area contributed by atoms with Crippen LogP contribution >= 0.6 is 11.6 Å². The number of hydrogen-bond acceptors (Lipinski definition) is 3. The van der Waals surface area contributed by atoms with Gasteiger partial charge in [-0.3, -0.25) is 0 Å². The minimum Gasteiger partial charge on any atom is -0.396 e. The lowest BCUT2D eigenvalue weighted by Crippen LogP contribution is -2.47. The number of halogens is 1. The molecule has 0 aromatic heterocycles. The van der Waals surface area contributed by atoms with Crippen LogP contribution in [0.15, 0.2) is 18.2 Å². The molecule has 1 aromatic rings. The number of carbonyl (C=O) groups excluding carboxylic acids is 1. The predicted octanol–water partition coefficient (Wildman–Crippen LogP) is 2.96. The summed E-state index contributed by atoms with van der Waals surface area (Å²) in [6.07, 6.45) is 2.71. The Morgan fingerprint density at radius 1 is 1.43 bits per heavy atom. The molecular weight excluding hydrogens is 314 g/mol. The molecule has 0 radical (unpaired) electrons. The van der Waals surface area contributed by atoms with E-state index in [0.717, 1.165) is 44.5 Å². The highest BCUT2D eigenvalue weighted by Gasteiger charge is 2.25. The summed E-state index contributed by atoms with van der Waals surface area (Å²) in [4.78, 5) is 16.5. The lowest BCUT2D eigenvalue weighted by atomic mass is 10.0. The minimum atomic E-state index is -0.0905. The van der Waals surface area contributed by atoms with Crippen LogP contribution in [0.3, 0.4) is 0 Å². The van der Waals surface area contributed by atoms with Crippen LogP contribution in [0.2, 0.25) is 5.02 Å². The van der Waals surface area contributed by atoms with Crippen LogP contribution in [0, 0.1) is 6.92 Å². The summed E-state index contributed by atoms with van der Waals surface area (Å²) in [6.45, 7) is 4.57. The van der Waals surface area contributed by atoms with Crippen molar-refractivity contribution in [1.82, 2.24) is 9.80 Å². The number of nitrogens with one attached hydrogen (secondary N) is 1. The molecule has 23 heavy (non-hydrogen) atoms. The predicted molar refractivity (Wildman–Crippen MR) is 94.1 cm³/mol. The number of carbonyl (C=O) groups is 1. The summed E-state index contributed by atoms with van der Waals surface area (Å²) in [5, 5.41) is 12.4. The fourth-order valence-corrected chi connectivity index (χ4v) is 3.21. The molecule has 1 heterocycles. The number of aliphatic hydroxyl groups excluding tert-OH is 1. The first-order valence-electron chi connectivity index (χ1n) is 8.14. The number of rotatable bonds is 5. The van der Waals surface area contributed by atoms with E-state index in [1.54, 1.807) is 0 Å². The Hall–Kier alpha value is -1.30. The number of nitrogens with zero attached hydrogens (tertiary/aromatic N) is 2. The maximum atomic E-state index is 12.4. The highest BCUT2D eigenvalue weighted by molar-refractivity contribution is 6.33. The molecule has 6 heteroatoms. The second-order valence-electron chi connectivity index (χ2n) is 6.19. The van der Waals surface area contributed by atoms with Gasteiger partial charge in [-0.1, -0.05) is 17.7 Å². The molecular formula is C17H26ClN3O2. The van der Waals surface area contributed by atoms with E-state index in [2.05, 4.69) is 17.3 Å². The zero-order valence-electron chi connectivity index (χ0n) is 13.9. The molecule has 5 nitrogen and oxygen atoms in total. The van der Waals surface area contributed by atoms with Crippen molar-refractivity contribution in [2.75, 3.05) is 38.6 Å². The monoisotopic (exact) mass is 339 g/mol. The molecule has 128 valence electrons. The molecule has 0 bridgehead atoms. The van der Waals surface area contributed by atoms with Gasteiger partial charge in [-0.05, 0) is 50.9 Å². The van der Waals surface area contributed by atoms with E-state index < -0.39 is 0 Å². The number of piperidine rings is 1. The second-order valence-corrected chi connectivity index (χ2v) is 6.60. The Balaban J connectivity index is 1.83. The fourth-order valence-electron chi connectivity index (χ4n) is 2.93. The number of amides is 2. The van der Waals surface area contributed by atoms with Gasteiger partial charge in [0.15, 0.2) is 0 Å². The lowest BCUT2D eigenvalue weighted by Gasteiger charge is -2.36. The number of aliphatic hydroxyl groups is 1. The van der Waals surface area contributed by atoms with Gasteiger partial charge in [0.2, 0.25) is 0 Å². The molecule has 1 aromatic carbocycles. The molecule has 1 saturated heterocycles. The maximum absolute atomic E-state index is 12.4. The Kier molecular flexibility index (Phi) is 6.69. The summed E-state index contributed by atoms with van der Waals surface area (Å²) in [5.74, 6) is 0. The first-order chi connectivity index (χ1) is 11.0. The van der Waals surface area contributed by atoms with Crippen molar-refractivity contribution in [3.8, 4) is 0 Å². The second kappa shape index (κ2) is 8.52. The fraction of sp³-hybridized carbons (Fsp3) is 0.588. The van der Waals surface area contributed by atoms with E-state index in [1.807, 2.05) is 30.0 Å². The average molecular weight is 340 g/mol. The number of anilines is 1. The molecule has 0 spiro atoms. The Morgan fingerprint density at radius 3 is 2.74 bits per heavy atom. The van der Waals surface area contributed by atoms with Crippen molar-refractivity contribution in [2.24, 2.45) is 0 Å².